The van der Waals surface area contributed by atoms with Gasteiger partial charge in [0.25, 0.3) is 0 Å². The molecule has 3 heterocycles. The van der Waals surface area contributed by atoms with Gasteiger partial charge in [-0.3, -0.25) is 14.6 Å². The van der Waals surface area contributed by atoms with Gasteiger partial charge in [-0.1, -0.05) is 19.9 Å². The van der Waals surface area contributed by atoms with Gasteiger partial charge in [0.2, 0.25) is 0 Å². The van der Waals surface area contributed by atoms with Crippen LogP contribution in [-0.4, -0.2) is 33.2 Å². The molecular formula is C21H27N5O2. The molecule has 148 valence electrons. The Morgan fingerprint density at radius 1 is 1.25 bits per heavy atom. The lowest BCUT2D eigenvalue weighted by atomic mass is 9.90. The number of aromatic nitrogens is 2. The zero-order valence-corrected chi connectivity index (χ0v) is 16.6. The number of rotatable bonds is 3. The molecule has 2 atom stereocenters. The Kier molecular flexibility index (Phi) is 5.92. The first-order valence-corrected chi connectivity index (χ1v) is 9.68. The Morgan fingerprint density at radius 3 is 2.68 bits per heavy atom. The van der Waals surface area contributed by atoms with Crippen molar-refractivity contribution < 1.29 is 9.59 Å². The molecule has 0 bridgehead atoms. The van der Waals surface area contributed by atoms with Crippen molar-refractivity contribution in [3.63, 3.8) is 0 Å². The number of pyridine rings is 2. The SMILES string of the molecule is CCc1ccc(C2CCC(C)CN2C(=O)C(=O)Nc2cnc(N)c(C)c2)cn1. The van der Waals surface area contributed by atoms with E-state index in [-0.39, 0.29) is 6.04 Å². The maximum atomic E-state index is 13.0. The minimum Gasteiger partial charge on any atom is -0.383 e. The van der Waals surface area contributed by atoms with Crippen LogP contribution < -0.4 is 11.1 Å². The molecule has 28 heavy (non-hydrogen) atoms. The normalized spacial score (nSPS) is 19.3. The minimum atomic E-state index is -0.664. The highest BCUT2D eigenvalue weighted by atomic mass is 16.2. The Morgan fingerprint density at radius 2 is 2.04 bits per heavy atom. The summed E-state index contributed by atoms with van der Waals surface area (Å²) in [7, 11) is 0. The number of piperidine rings is 1. The third-order valence-corrected chi connectivity index (χ3v) is 5.24. The fourth-order valence-corrected chi connectivity index (χ4v) is 3.53. The van der Waals surface area contributed by atoms with E-state index >= 15 is 0 Å². The molecule has 2 aromatic rings. The minimum absolute atomic E-state index is 0.140. The highest BCUT2D eigenvalue weighted by Gasteiger charge is 2.34. The van der Waals surface area contributed by atoms with E-state index in [1.54, 1.807) is 17.9 Å². The topological polar surface area (TPSA) is 101 Å². The lowest BCUT2D eigenvalue weighted by molar-refractivity contribution is -0.146. The van der Waals surface area contributed by atoms with Crippen molar-refractivity contribution in [1.82, 2.24) is 14.9 Å². The molecular weight excluding hydrogens is 354 g/mol. The summed E-state index contributed by atoms with van der Waals surface area (Å²) < 4.78 is 0. The molecule has 3 N–H and O–H groups in total. The number of amides is 2. The largest absolute Gasteiger partial charge is 0.383 e. The number of nitrogens with two attached hydrogens (primary N) is 1. The maximum Gasteiger partial charge on any atom is 0.313 e. The lowest BCUT2D eigenvalue weighted by Crippen LogP contribution is -2.46. The van der Waals surface area contributed by atoms with Crippen molar-refractivity contribution in [2.24, 2.45) is 5.92 Å². The zero-order valence-electron chi connectivity index (χ0n) is 16.6. The second-order valence-corrected chi connectivity index (χ2v) is 7.47. The van der Waals surface area contributed by atoms with Gasteiger partial charge < -0.3 is 16.0 Å². The average molecular weight is 381 g/mol. The number of anilines is 2. The van der Waals surface area contributed by atoms with E-state index < -0.39 is 11.8 Å². The van der Waals surface area contributed by atoms with Crippen molar-refractivity contribution in [2.75, 3.05) is 17.6 Å². The number of nitrogens with zero attached hydrogens (tertiary/aromatic N) is 3. The second kappa shape index (κ2) is 8.37. The smallest absolute Gasteiger partial charge is 0.313 e. The van der Waals surface area contributed by atoms with E-state index in [0.717, 1.165) is 36.1 Å². The lowest BCUT2D eigenvalue weighted by Gasteiger charge is -2.38. The average Bonchev–Trinajstić information content (AvgIpc) is 2.70. The van der Waals surface area contributed by atoms with Gasteiger partial charge in [0.05, 0.1) is 17.9 Å². The number of nitrogen functional groups attached to an aromatic ring is 1. The van der Waals surface area contributed by atoms with Gasteiger partial charge in [-0.25, -0.2) is 4.98 Å². The third kappa shape index (κ3) is 4.30. The van der Waals surface area contributed by atoms with E-state index in [0.29, 0.717) is 24.0 Å². The molecule has 1 saturated heterocycles. The number of hydrogen-bond donors (Lipinski definition) is 2. The first-order valence-electron chi connectivity index (χ1n) is 9.68. The van der Waals surface area contributed by atoms with Gasteiger partial charge in [0, 0.05) is 18.4 Å². The molecule has 7 nitrogen and oxygen atoms in total. The molecule has 0 spiro atoms. The second-order valence-electron chi connectivity index (χ2n) is 7.47. The summed E-state index contributed by atoms with van der Waals surface area (Å²) in [6.45, 7) is 6.50. The van der Waals surface area contributed by atoms with Gasteiger partial charge in [-0.05, 0) is 55.4 Å². The number of hydrogen-bond acceptors (Lipinski definition) is 5. The molecule has 1 aliphatic heterocycles. The quantitative estimate of drug-likeness (QED) is 0.796. The predicted octanol–water partition coefficient (Wildman–Crippen LogP) is 2.87. The van der Waals surface area contributed by atoms with Crippen LogP contribution in [0.1, 0.15) is 49.6 Å². The summed E-state index contributed by atoms with van der Waals surface area (Å²) >= 11 is 0. The summed E-state index contributed by atoms with van der Waals surface area (Å²) in [5.74, 6) is -0.456. The zero-order chi connectivity index (χ0) is 20.3. The number of likely N-dealkylation sites (tertiary alicyclic amines) is 1. The summed E-state index contributed by atoms with van der Waals surface area (Å²) in [5.41, 5.74) is 8.89. The summed E-state index contributed by atoms with van der Waals surface area (Å²) in [6.07, 6.45) is 5.97. The standard InChI is InChI=1S/C21H27N5O2/c1-4-16-7-6-15(10-23-16)18-8-5-13(2)12-26(18)21(28)20(27)25-17-9-14(3)19(22)24-11-17/h6-7,9-11,13,18H,4-5,8,12H2,1-3H3,(H2,22,24)(H,25,27). The van der Waals surface area contributed by atoms with Crippen molar-refractivity contribution >= 4 is 23.3 Å². The van der Waals surface area contributed by atoms with Crippen molar-refractivity contribution in [3.05, 3.63) is 47.4 Å². The van der Waals surface area contributed by atoms with Crippen LogP contribution in [0, 0.1) is 12.8 Å². The molecule has 3 rings (SSSR count). The highest BCUT2D eigenvalue weighted by Crippen LogP contribution is 2.33. The van der Waals surface area contributed by atoms with Crippen LogP contribution in [-0.2, 0) is 16.0 Å². The van der Waals surface area contributed by atoms with Gasteiger partial charge in [-0.15, -0.1) is 0 Å². The Hall–Kier alpha value is -2.96. The Balaban J connectivity index is 1.78. The molecule has 0 aliphatic carbocycles. The number of nitrogens with one attached hydrogen (secondary N) is 1. The van der Waals surface area contributed by atoms with Crippen molar-refractivity contribution in [3.8, 4) is 0 Å². The fourth-order valence-electron chi connectivity index (χ4n) is 3.53. The van der Waals surface area contributed by atoms with Crippen LogP contribution in [0.25, 0.3) is 0 Å². The van der Waals surface area contributed by atoms with E-state index in [4.69, 9.17) is 5.73 Å². The van der Waals surface area contributed by atoms with E-state index in [1.165, 1.54) is 6.20 Å². The molecule has 2 aromatic heterocycles. The molecule has 1 fully saturated rings. The van der Waals surface area contributed by atoms with Gasteiger partial charge >= 0.3 is 11.8 Å². The van der Waals surface area contributed by atoms with Gasteiger partial charge in [-0.2, -0.15) is 0 Å². The fraction of sp³-hybridized carbons (Fsp3) is 0.429. The summed E-state index contributed by atoms with van der Waals surface area (Å²) in [4.78, 5) is 35.7. The van der Waals surface area contributed by atoms with Crippen LogP contribution in [0.15, 0.2) is 30.6 Å². The predicted molar refractivity (Wildman–Crippen MR) is 108 cm³/mol. The molecule has 2 amide bonds. The molecule has 0 aromatic carbocycles. The maximum absolute atomic E-state index is 13.0. The van der Waals surface area contributed by atoms with Crippen LogP contribution >= 0.6 is 0 Å². The van der Waals surface area contributed by atoms with Gasteiger partial charge in [0.1, 0.15) is 5.82 Å². The molecule has 0 radical (unpaired) electrons. The molecule has 0 saturated carbocycles. The highest BCUT2D eigenvalue weighted by molar-refractivity contribution is 6.39. The van der Waals surface area contributed by atoms with Crippen molar-refractivity contribution in [1.29, 1.82) is 0 Å². The van der Waals surface area contributed by atoms with Crippen LogP contribution in [0.4, 0.5) is 11.5 Å². The summed E-state index contributed by atoms with van der Waals surface area (Å²) in [5, 5.41) is 2.65. The van der Waals surface area contributed by atoms with Gasteiger partial charge in [0.15, 0.2) is 0 Å². The molecule has 7 heteroatoms. The van der Waals surface area contributed by atoms with E-state index in [9.17, 15) is 9.59 Å². The molecule has 2 unspecified atom stereocenters. The van der Waals surface area contributed by atoms with Crippen molar-refractivity contribution in [2.45, 2.75) is 46.1 Å². The number of carbonyl (C=O) groups excluding carboxylic acids is 2. The van der Waals surface area contributed by atoms with E-state index in [1.807, 2.05) is 18.3 Å². The third-order valence-electron chi connectivity index (χ3n) is 5.24. The van der Waals surface area contributed by atoms with Crippen LogP contribution in [0.5, 0.6) is 0 Å². The first-order chi connectivity index (χ1) is 13.4. The first kappa shape index (κ1) is 19.8. The monoisotopic (exact) mass is 381 g/mol. The number of aryl methyl sites for hydroxylation is 2. The Labute approximate surface area is 165 Å². The number of carbonyl (C=O) groups is 2. The van der Waals surface area contributed by atoms with Crippen LogP contribution in [0.2, 0.25) is 0 Å². The summed E-state index contributed by atoms with van der Waals surface area (Å²) in [6, 6.07) is 5.56. The van der Waals surface area contributed by atoms with Crippen LogP contribution in [0.3, 0.4) is 0 Å². The van der Waals surface area contributed by atoms with E-state index in [2.05, 4.69) is 29.1 Å². The Bertz CT molecular complexity index is 866. The molecule has 1 aliphatic rings.